The first-order valence-corrected chi connectivity index (χ1v) is 7.66. The second-order valence-corrected chi connectivity index (χ2v) is 4.08. The van der Waals surface area contributed by atoms with Gasteiger partial charge in [0.1, 0.15) is 6.26 Å². The molecule has 0 saturated heterocycles. The van der Waals surface area contributed by atoms with Crippen LogP contribution in [0.2, 0.25) is 0 Å². The van der Waals surface area contributed by atoms with Gasteiger partial charge in [-0.2, -0.15) is 0 Å². The first kappa shape index (κ1) is 23.1. The summed E-state index contributed by atoms with van der Waals surface area (Å²) >= 11 is 0. The predicted molar refractivity (Wildman–Crippen MR) is 87.6 cm³/mol. The highest BCUT2D eigenvalue weighted by Crippen LogP contribution is 2.22. The average molecular weight is 269 g/mol. The van der Waals surface area contributed by atoms with Crippen LogP contribution < -0.4 is 0 Å². The minimum atomic E-state index is -0.0838. The Bertz CT molecular complexity index is 261. The van der Waals surface area contributed by atoms with E-state index in [2.05, 4.69) is 51.8 Å². The normalized spacial score (nSPS) is 9.53. The number of rotatable bonds is 3. The number of nitrogens with zero attached hydrogens (tertiary/aromatic N) is 1. The van der Waals surface area contributed by atoms with Gasteiger partial charge in [-0.1, -0.05) is 67.0 Å². The summed E-state index contributed by atoms with van der Waals surface area (Å²) in [5.74, 6) is 0.771. The van der Waals surface area contributed by atoms with Crippen LogP contribution in [0.5, 0.6) is 0 Å². The van der Waals surface area contributed by atoms with E-state index in [9.17, 15) is 0 Å². The lowest BCUT2D eigenvalue weighted by Gasteiger charge is -2.14. The fourth-order valence-electron chi connectivity index (χ4n) is 1.03. The zero-order valence-corrected chi connectivity index (χ0v) is 14.6. The highest BCUT2D eigenvalue weighted by molar-refractivity contribution is 5.12. The minimum absolute atomic E-state index is 0.0838. The molecule has 0 bridgehead atoms. The molecule has 1 rings (SSSR count). The maximum absolute atomic E-state index is 5.23. The molecular formula is C17H35NO. The van der Waals surface area contributed by atoms with Gasteiger partial charge in [-0.15, -0.1) is 0 Å². The molecule has 1 heterocycles. The number of allylic oxidation sites excluding steroid dienone is 2. The van der Waals surface area contributed by atoms with Crippen LogP contribution in [-0.2, 0) is 5.41 Å². The molecule has 0 atom stereocenters. The van der Waals surface area contributed by atoms with Crippen LogP contribution in [0, 0.1) is 0 Å². The number of hydrogen-bond donors (Lipinski definition) is 0. The van der Waals surface area contributed by atoms with Gasteiger partial charge in [0.15, 0.2) is 0 Å². The molecule has 0 aliphatic rings. The van der Waals surface area contributed by atoms with Gasteiger partial charge in [0.2, 0.25) is 5.89 Å². The number of oxazole rings is 1. The molecule has 0 radical (unpaired) electrons. The summed E-state index contributed by atoms with van der Waals surface area (Å²) in [6.07, 6.45) is 9.83. The lowest BCUT2D eigenvalue weighted by Crippen LogP contribution is -2.13. The molecule has 114 valence electrons. The monoisotopic (exact) mass is 269 g/mol. The summed E-state index contributed by atoms with van der Waals surface area (Å²) in [5, 5.41) is 0. The van der Waals surface area contributed by atoms with Crippen molar-refractivity contribution in [3.05, 3.63) is 30.5 Å². The summed E-state index contributed by atoms with van der Waals surface area (Å²) in [7, 11) is 0. The van der Waals surface area contributed by atoms with E-state index >= 15 is 0 Å². The van der Waals surface area contributed by atoms with Crippen LogP contribution in [0.1, 0.15) is 81.0 Å². The standard InChI is InChI=1S/C10H15NO.C3H8.2C2H6/c1-4-5-6-10(2,3)9-11-7-8-12-9;1-3-2;2*1-2/h5-8H,4H2,1-3H3;3H2,1-2H3;2*1-2H3/b6-5+;;;. The van der Waals surface area contributed by atoms with Crippen LogP contribution in [0.15, 0.2) is 29.0 Å². The van der Waals surface area contributed by atoms with Crippen molar-refractivity contribution in [2.75, 3.05) is 0 Å². The molecule has 0 aliphatic heterocycles. The van der Waals surface area contributed by atoms with Gasteiger partial charge in [0.25, 0.3) is 0 Å². The maximum atomic E-state index is 5.23. The van der Waals surface area contributed by atoms with Gasteiger partial charge in [0, 0.05) is 0 Å². The highest BCUT2D eigenvalue weighted by atomic mass is 16.3. The summed E-state index contributed by atoms with van der Waals surface area (Å²) in [6.45, 7) is 18.5. The van der Waals surface area contributed by atoms with Gasteiger partial charge in [-0.3, -0.25) is 0 Å². The minimum Gasteiger partial charge on any atom is -0.448 e. The van der Waals surface area contributed by atoms with Crippen molar-refractivity contribution < 1.29 is 4.42 Å². The maximum Gasteiger partial charge on any atom is 0.203 e. The zero-order chi connectivity index (χ0) is 15.7. The number of hydrogen-bond acceptors (Lipinski definition) is 2. The van der Waals surface area contributed by atoms with Gasteiger partial charge < -0.3 is 4.42 Å². The lowest BCUT2D eigenvalue weighted by molar-refractivity contribution is 0.420. The molecule has 0 saturated carbocycles. The fourth-order valence-corrected chi connectivity index (χ4v) is 1.03. The SMILES string of the molecule is CC.CC.CC/C=C/C(C)(C)c1ncco1.CCC. The molecule has 0 aliphatic carbocycles. The molecule has 19 heavy (non-hydrogen) atoms. The average Bonchev–Trinajstić information content (AvgIpc) is 2.97. The van der Waals surface area contributed by atoms with Crippen LogP contribution >= 0.6 is 0 Å². The second-order valence-electron chi connectivity index (χ2n) is 4.08. The van der Waals surface area contributed by atoms with Gasteiger partial charge in [-0.05, 0) is 20.3 Å². The molecular weight excluding hydrogens is 234 g/mol. The van der Waals surface area contributed by atoms with Crippen LogP contribution in [-0.4, -0.2) is 4.98 Å². The summed E-state index contributed by atoms with van der Waals surface area (Å²) in [5.41, 5.74) is -0.0838. The van der Waals surface area contributed by atoms with Crippen molar-refractivity contribution >= 4 is 0 Å². The van der Waals surface area contributed by atoms with Crippen molar-refractivity contribution in [3.63, 3.8) is 0 Å². The van der Waals surface area contributed by atoms with E-state index in [1.54, 1.807) is 12.5 Å². The Hall–Kier alpha value is -1.05. The Morgan fingerprint density at radius 3 is 1.89 bits per heavy atom. The molecule has 0 aromatic carbocycles. The third-order valence-corrected chi connectivity index (χ3v) is 1.75. The Kier molecular flexibility index (Phi) is 20.6. The van der Waals surface area contributed by atoms with E-state index in [-0.39, 0.29) is 5.41 Å². The van der Waals surface area contributed by atoms with Crippen LogP contribution in [0.4, 0.5) is 0 Å². The van der Waals surface area contributed by atoms with E-state index in [0.717, 1.165) is 12.3 Å². The molecule has 2 heteroatoms. The third kappa shape index (κ3) is 13.2. The van der Waals surface area contributed by atoms with Crippen molar-refractivity contribution in [2.24, 2.45) is 0 Å². The Morgan fingerprint density at radius 1 is 1.11 bits per heavy atom. The van der Waals surface area contributed by atoms with Crippen molar-refractivity contribution in [1.29, 1.82) is 0 Å². The van der Waals surface area contributed by atoms with Crippen molar-refractivity contribution in [2.45, 2.75) is 80.6 Å². The van der Waals surface area contributed by atoms with Crippen molar-refractivity contribution in [1.82, 2.24) is 4.98 Å². The second kappa shape index (κ2) is 16.9. The van der Waals surface area contributed by atoms with E-state index in [0.29, 0.717) is 0 Å². The molecule has 1 aromatic rings. The number of aromatic nitrogens is 1. The molecule has 0 fully saturated rings. The third-order valence-electron chi connectivity index (χ3n) is 1.75. The zero-order valence-electron chi connectivity index (χ0n) is 14.6. The Morgan fingerprint density at radius 2 is 1.58 bits per heavy atom. The lowest BCUT2D eigenvalue weighted by atomic mass is 9.93. The van der Waals surface area contributed by atoms with Crippen LogP contribution in [0.25, 0.3) is 0 Å². The molecule has 0 amide bonds. The molecule has 1 aromatic heterocycles. The first-order chi connectivity index (χ1) is 9.08. The predicted octanol–water partition coefficient (Wildman–Crippen LogP) is 6.39. The molecule has 0 spiro atoms. The molecule has 2 nitrogen and oxygen atoms in total. The van der Waals surface area contributed by atoms with E-state index in [1.807, 2.05) is 27.7 Å². The Balaban J connectivity index is -0.000000313. The van der Waals surface area contributed by atoms with Gasteiger partial charge in [0.05, 0.1) is 11.6 Å². The van der Waals surface area contributed by atoms with E-state index in [1.165, 1.54) is 6.42 Å². The molecule has 0 N–H and O–H groups in total. The summed E-state index contributed by atoms with van der Waals surface area (Å²) in [6, 6.07) is 0. The van der Waals surface area contributed by atoms with Crippen molar-refractivity contribution in [3.8, 4) is 0 Å². The quantitative estimate of drug-likeness (QED) is 0.594. The van der Waals surface area contributed by atoms with Gasteiger partial charge >= 0.3 is 0 Å². The topological polar surface area (TPSA) is 26.0 Å². The summed E-state index contributed by atoms with van der Waals surface area (Å²) in [4.78, 5) is 4.12. The molecule has 0 unspecified atom stereocenters. The Labute approximate surface area is 121 Å². The first-order valence-electron chi connectivity index (χ1n) is 7.66. The van der Waals surface area contributed by atoms with Gasteiger partial charge in [-0.25, -0.2) is 4.98 Å². The summed E-state index contributed by atoms with van der Waals surface area (Å²) < 4.78 is 5.23. The van der Waals surface area contributed by atoms with E-state index < -0.39 is 0 Å². The smallest absolute Gasteiger partial charge is 0.203 e. The van der Waals surface area contributed by atoms with E-state index in [4.69, 9.17) is 4.42 Å². The fraction of sp³-hybridized carbons (Fsp3) is 0.706. The largest absolute Gasteiger partial charge is 0.448 e. The highest BCUT2D eigenvalue weighted by Gasteiger charge is 2.21. The van der Waals surface area contributed by atoms with Crippen LogP contribution in [0.3, 0.4) is 0 Å².